The number of rotatable bonds is 6. The number of aryl methyl sites for hydroxylation is 1. The normalized spacial score (nSPS) is 14.0. The fourth-order valence-electron chi connectivity index (χ4n) is 4.39. The van der Waals surface area contributed by atoms with Crippen molar-refractivity contribution in [2.45, 2.75) is 13.5 Å². The number of aromatic nitrogens is 6. The van der Waals surface area contributed by atoms with E-state index in [9.17, 15) is 10.1 Å². The second kappa shape index (κ2) is 8.89. The lowest BCUT2D eigenvalue weighted by molar-refractivity contribution is -0.383. The highest BCUT2D eigenvalue weighted by Crippen LogP contribution is 2.28. The van der Waals surface area contributed by atoms with Crippen LogP contribution >= 0.6 is 0 Å². The maximum Gasteiger partial charge on any atom is 0.297 e. The van der Waals surface area contributed by atoms with Gasteiger partial charge in [0.05, 0.1) is 35.9 Å². The number of nitrogens with one attached hydrogen (secondary N) is 2. The smallest absolute Gasteiger partial charge is 0.297 e. The summed E-state index contributed by atoms with van der Waals surface area (Å²) >= 11 is 0. The number of para-hydroxylation sites is 2. The number of nitrogens with zero attached hydrogens (tertiary/aromatic N) is 7. The Morgan fingerprint density at radius 3 is 2.72 bits per heavy atom. The largest absolute Gasteiger partial charge is 0.378 e. The Morgan fingerprint density at radius 2 is 1.92 bits per heavy atom. The van der Waals surface area contributed by atoms with E-state index >= 15 is 0 Å². The van der Waals surface area contributed by atoms with Crippen LogP contribution in [0.4, 0.5) is 17.5 Å². The van der Waals surface area contributed by atoms with Crippen LogP contribution in [0.1, 0.15) is 11.4 Å². The van der Waals surface area contributed by atoms with E-state index in [4.69, 9.17) is 14.7 Å². The van der Waals surface area contributed by atoms with Gasteiger partial charge in [-0.15, -0.1) is 0 Å². The molecule has 36 heavy (non-hydrogen) atoms. The lowest BCUT2D eigenvalue weighted by atomic mass is 10.2. The van der Waals surface area contributed by atoms with E-state index in [0.29, 0.717) is 66.1 Å². The molecule has 1 fully saturated rings. The maximum absolute atomic E-state index is 11.4. The molecule has 5 aromatic rings. The molecule has 0 radical (unpaired) electrons. The summed E-state index contributed by atoms with van der Waals surface area (Å²) in [5, 5.41) is 14.7. The van der Waals surface area contributed by atoms with Crippen molar-refractivity contribution in [3.05, 3.63) is 70.3 Å². The summed E-state index contributed by atoms with van der Waals surface area (Å²) in [6.07, 6.45) is 1.75. The molecule has 182 valence electrons. The summed E-state index contributed by atoms with van der Waals surface area (Å²) in [6, 6.07) is 12.9. The molecule has 0 amide bonds. The molecule has 2 N–H and O–H groups in total. The molecule has 3 aromatic heterocycles. The SMILES string of the molecule is Cc1ccccc1-n1cnc2c(NCc3nc4c([N+](=O)[O-])cccc4[nH]3)nc(N3CCOCC3)nc21. The van der Waals surface area contributed by atoms with Gasteiger partial charge in [0.1, 0.15) is 12.2 Å². The number of imidazole rings is 2. The zero-order valence-corrected chi connectivity index (χ0v) is 19.5. The van der Waals surface area contributed by atoms with Crippen LogP contribution in [0.15, 0.2) is 48.8 Å². The Hall–Kier alpha value is -4.58. The summed E-state index contributed by atoms with van der Waals surface area (Å²) in [7, 11) is 0. The molecule has 0 saturated carbocycles. The van der Waals surface area contributed by atoms with Gasteiger partial charge in [-0.2, -0.15) is 9.97 Å². The molecule has 0 spiro atoms. The second-order valence-corrected chi connectivity index (χ2v) is 8.51. The second-order valence-electron chi connectivity index (χ2n) is 8.51. The summed E-state index contributed by atoms with van der Waals surface area (Å²) in [5.74, 6) is 1.70. The fraction of sp³-hybridized carbons (Fsp3) is 0.250. The highest BCUT2D eigenvalue weighted by Gasteiger charge is 2.21. The van der Waals surface area contributed by atoms with E-state index in [1.807, 2.05) is 35.8 Å². The number of anilines is 2. The number of nitro groups is 1. The average Bonchev–Trinajstić information content (AvgIpc) is 3.52. The predicted molar refractivity (Wildman–Crippen MR) is 135 cm³/mol. The van der Waals surface area contributed by atoms with E-state index < -0.39 is 4.92 Å². The first-order valence-corrected chi connectivity index (χ1v) is 11.6. The summed E-state index contributed by atoms with van der Waals surface area (Å²) in [4.78, 5) is 34.9. The van der Waals surface area contributed by atoms with Crippen LogP contribution < -0.4 is 10.2 Å². The molecule has 0 aliphatic carbocycles. The third-order valence-electron chi connectivity index (χ3n) is 6.21. The number of fused-ring (bicyclic) bond motifs is 2. The van der Waals surface area contributed by atoms with Crippen LogP contribution in [0.5, 0.6) is 0 Å². The first-order valence-electron chi connectivity index (χ1n) is 11.6. The highest BCUT2D eigenvalue weighted by molar-refractivity contribution is 5.86. The number of benzene rings is 2. The molecular weight excluding hydrogens is 462 g/mol. The molecule has 1 saturated heterocycles. The van der Waals surface area contributed by atoms with Crippen molar-refractivity contribution in [2.24, 2.45) is 0 Å². The number of hydrogen-bond acceptors (Lipinski definition) is 9. The average molecular weight is 486 g/mol. The van der Waals surface area contributed by atoms with Gasteiger partial charge < -0.3 is 19.9 Å². The van der Waals surface area contributed by atoms with Gasteiger partial charge in [0.2, 0.25) is 5.95 Å². The molecule has 4 heterocycles. The number of non-ortho nitro benzene ring substituents is 1. The van der Waals surface area contributed by atoms with Crippen molar-refractivity contribution in [1.29, 1.82) is 0 Å². The van der Waals surface area contributed by atoms with Crippen LogP contribution in [0, 0.1) is 17.0 Å². The van der Waals surface area contributed by atoms with Gasteiger partial charge in [0, 0.05) is 19.2 Å². The van der Waals surface area contributed by atoms with Gasteiger partial charge in [-0.25, -0.2) is 9.97 Å². The van der Waals surface area contributed by atoms with Gasteiger partial charge in [0.25, 0.3) is 5.69 Å². The third-order valence-corrected chi connectivity index (χ3v) is 6.21. The molecule has 6 rings (SSSR count). The first kappa shape index (κ1) is 21.9. The molecule has 1 aliphatic heterocycles. The lowest BCUT2D eigenvalue weighted by Crippen LogP contribution is -2.37. The Balaban J connectivity index is 1.40. The Kier molecular flexibility index (Phi) is 5.41. The van der Waals surface area contributed by atoms with Gasteiger partial charge >= 0.3 is 0 Å². The molecule has 0 unspecified atom stereocenters. The highest BCUT2D eigenvalue weighted by atomic mass is 16.6. The van der Waals surface area contributed by atoms with Crippen LogP contribution in [-0.4, -0.2) is 60.7 Å². The number of morpholine rings is 1. The third kappa shape index (κ3) is 3.86. The molecule has 12 nitrogen and oxygen atoms in total. The van der Waals surface area contributed by atoms with E-state index in [-0.39, 0.29) is 12.2 Å². The summed E-state index contributed by atoms with van der Waals surface area (Å²) in [6.45, 7) is 4.92. The van der Waals surface area contributed by atoms with E-state index in [2.05, 4.69) is 25.2 Å². The van der Waals surface area contributed by atoms with Crippen LogP contribution in [0.3, 0.4) is 0 Å². The first-order chi connectivity index (χ1) is 17.6. The summed E-state index contributed by atoms with van der Waals surface area (Å²) in [5.41, 5.74) is 4.28. The molecule has 0 atom stereocenters. The number of nitro benzene ring substituents is 1. The Labute approximate surface area is 205 Å². The fourth-order valence-corrected chi connectivity index (χ4v) is 4.39. The Morgan fingerprint density at radius 1 is 1.08 bits per heavy atom. The van der Waals surface area contributed by atoms with Gasteiger partial charge in [-0.3, -0.25) is 14.7 Å². The molecule has 1 aliphatic rings. The number of hydrogen-bond donors (Lipinski definition) is 2. The maximum atomic E-state index is 11.4. The van der Waals surface area contributed by atoms with Crippen molar-refractivity contribution < 1.29 is 9.66 Å². The standard InChI is InChI=1S/C24H23N9O3/c1-15-5-2-3-7-17(15)32-14-26-21-22(29-24(30-23(21)32)31-9-11-36-12-10-31)25-13-19-27-16-6-4-8-18(33(34)35)20(16)28-19/h2-8,14H,9-13H2,1H3,(H,27,28)(H,25,29,30). The topological polar surface area (TPSA) is 140 Å². The summed E-state index contributed by atoms with van der Waals surface area (Å²) < 4.78 is 7.47. The van der Waals surface area contributed by atoms with E-state index in [1.54, 1.807) is 18.5 Å². The molecule has 0 bridgehead atoms. The van der Waals surface area contributed by atoms with Crippen molar-refractivity contribution in [2.75, 3.05) is 36.5 Å². The van der Waals surface area contributed by atoms with Crippen LogP contribution in [-0.2, 0) is 11.3 Å². The predicted octanol–water partition coefficient (Wildman–Crippen LogP) is 3.36. The zero-order chi connectivity index (χ0) is 24.6. The Bertz CT molecular complexity index is 1590. The van der Waals surface area contributed by atoms with Crippen molar-refractivity contribution in [3.8, 4) is 5.69 Å². The van der Waals surface area contributed by atoms with Gasteiger partial charge in [-0.1, -0.05) is 24.3 Å². The van der Waals surface area contributed by atoms with Crippen molar-refractivity contribution >= 4 is 39.7 Å². The van der Waals surface area contributed by atoms with Gasteiger partial charge in [-0.05, 0) is 24.6 Å². The number of aromatic amines is 1. The number of ether oxygens (including phenoxy) is 1. The molecule has 2 aromatic carbocycles. The van der Waals surface area contributed by atoms with E-state index in [0.717, 1.165) is 11.3 Å². The monoisotopic (exact) mass is 485 g/mol. The molecule has 12 heteroatoms. The number of H-pyrrole nitrogens is 1. The van der Waals surface area contributed by atoms with Crippen LogP contribution in [0.25, 0.3) is 27.9 Å². The lowest BCUT2D eigenvalue weighted by Gasteiger charge is -2.27. The molecular formula is C24H23N9O3. The minimum Gasteiger partial charge on any atom is -0.378 e. The van der Waals surface area contributed by atoms with Crippen molar-refractivity contribution in [3.63, 3.8) is 0 Å². The zero-order valence-electron chi connectivity index (χ0n) is 19.5. The van der Waals surface area contributed by atoms with Crippen molar-refractivity contribution in [1.82, 2.24) is 29.5 Å². The quantitative estimate of drug-likeness (QED) is 0.274. The van der Waals surface area contributed by atoms with Crippen LogP contribution in [0.2, 0.25) is 0 Å². The van der Waals surface area contributed by atoms with E-state index in [1.165, 1.54) is 6.07 Å². The minimum absolute atomic E-state index is 0.0361. The minimum atomic E-state index is -0.429. The van der Waals surface area contributed by atoms with Gasteiger partial charge in [0.15, 0.2) is 22.5 Å².